The maximum absolute atomic E-state index is 11.5. The molecule has 0 aromatic rings. The molecule has 76 valence electrons. The van der Waals surface area contributed by atoms with E-state index < -0.39 is 0 Å². The zero-order valence-corrected chi connectivity index (χ0v) is 8.46. The Balaban J connectivity index is 2.28. The van der Waals surface area contributed by atoms with E-state index in [-0.39, 0.29) is 0 Å². The first-order chi connectivity index (χ1) is 6.27. The molecule has 1 rings (SSSR count). The summed E-state index contributed by atoms with van der Waals surface area (Å²) in [5.41, 5.74) is 5.58. The molecule has 13 heavy (non-hydrogen) atoms. The van der Waals surface area contributed by atoms with Crippen LogP contribution in [0, 0.1) is 5.92 Å². The molecule has 0 atom stereocenters. The SMILES string of the molecule is CCCC(=O)N1CCC(CN)CC1. The van der Waals surface area contributed by atoms with Crippen molar-refractivity contribution in [1.82, 2.24) is 4.90 Å². The van der Waals surface area contributed by atoms with Crippen molar-refractivity contribution in [2.24, 2.45) is 11.7 Å². The maximum Gasteiger partial charge on any atom is 0.222 e. The quantitative estimate of drug-likeness (QED) is 0.711. The summed E-state index contributed by atoms with van der Waals surface area (Å²) in [5.74, 6) is 0.962. The zero-order chi connectivity index (χ0) is 9.68. The van der Waals surface area contributed by atoms with Gasteiger partial charge in [-0.3, -0.25) is 4.79 Å². The van der Waals surface area contributed by atoms with Crippen molar-refractivity contribution in [3.05, 3.63) is 0 Å². The third-order valence-corrected chi connectivity index (χ3v) is 2.76. The molecule has 0 bridgehead atoms. The minimum absolute atomic E-state index is 0.318. The van der Waals surface area contributed by atoms with Crippen LogP contribution < -0.4 is 5.73 Å². The van der Waals surface area contributed by atoms with Gasteiger partial charge in [-0.1, -0.05) is 6.92 Å². The fourth-order valence-corrected chi connectivity index (χ4v) is 1.79. The monoisotopic (exact) mass is 184 g/mol. The normalized spacial score (nSPS) is 19.1. The van der Waals surface area contributed by atoms with E-state index >= 15 is 0 Å². The second-order valence-corrected chi connectivity index (χ2v) is 3.81. The standard InChI is InChI=1S/C10H20N2O/c1-2-3-10(13)12-6-4-9(8-11)5-7-12/h9H,2-8,11H2,1H3. The van der Waals surface area contributed by atoms with E-state index in [4.69, 9.17) is 5.73 Å². The van der Waals surface area contributed by atoms with E-state index in [9.17, 15) is 4.79 Å². The van der Waals surface area contributed by atoms with Crippen LogP contribution >= 0.6 is 0 Å². The molecule has 0 saturated carbocycles. The number of hydrogen-bond donors (Lipinski definition) is 1. The first-order valence-corrected chi connectivity index (χ1v) is 5.25. The van der Waals surface area contributed by atoms with Gasteiger partial charge >= 0.3 is 0 Å². The molecule has 1 heterocycles. The number of nitrogens with two attached hydrogens (primary N) is 1. The number of carbonyl (C=O) groups excluding carboxylic acids is 1. The number of likely N-dealkylation sites (tertiary alicyclic amines) is 1. The average molecular weight is 184 g/mol. The predicted octanol–water partition coefficient (Wildman–Crippen LogP) is 0.984. The van der Waals surface area contributed by atoms with Crippen LogP contribution in [0.4, 0.5) is 0 Å². The Morgan fingerprint density at radius 1 is 1.46 bits per heavy atom. The van der Waals surface area contributed by atoms with Crippen molar-refractivity contribution < 1.29 is 4.79 Å². The number of nitrogens with zero attached hydrogens (tertiary/aromatic N) is 1. The molecular weight excluding hydrogens is 164 g/mol. The highest BCUT2D eigenvalue weighted by Crippen LogP contribution is 2.16. The van der Waals surface area contributed by atoms with Gasteiger partial charge in [0.2, 0.25) is 5.91 Å². The lowest BCUT2D eigenvalue weighted by atomic mass is 9.97. The topological polar surface area (TPSA) is 46.3 Å². The van der Waals surface area contributed by atoms with Gasteiger partial charge in [0.1, 0.15) is 0 Å². The minimum atomic E-state index is 0.318. The fraction of sp³-hybridized carbons (Fsp3) is 0.900. The zero-order valence-electron chi connectivity index (χ0n) is 8.46. The predicted molar refractivity (Wildman–Crippen MR) is 53.3 cm³/mol. The third kappa shape index (κ3) is 2.99. The molecule has 0 spiro atoms. The Bertz CT molecular complexity index is 162. The molecule has 0 radical (unpaired) electrons. The van der Waals surface area contributed by atoms with E-state index in [0.717, 1.165) is 38.9 Å². The van der Waals surface area contributed by atoms with Gasteiger partial charge in [0.25, 0.3) is 0 Å². The lowest BCUT2D eigenvalue weighted by Gasteiger charge is -2.31. The Morgan fingerprint density at radius 3 is 2.54 bits per heavy atom. The number of carbonyl (C=O) groups is 1. The van der Waals surface area contributed by atoms with Gasteiger partial charge in [-0.05, 0) is 31.7 Å². The number of amides is 1. The summed E-state index contributed by atoms with van der Waals surface area (Å²) < 4.78 is 0. The number of rotatable bonds is 3. The molecule has 0 aromatic heterocycles. The van der Waals surface area contributed by atoms with E-state index in [2.05, 4.69) is 0 Å². The van der Waals surface area contributed by atoms with Crippen molar-refractivity contribution in [3.8, 4) is 0 Å². The lowest BCUT2D eigenvalue weighted by molar-refractivity contribution is -0.132. The third-order valence-electron chi connectivity index (χ3n) is 2.76. The van der Waals surface area contributed by atoms with Crippen molar-refractivity contribution >= 4 is 5.91 Å². The van der Waals surface area contributed by atoms with E-state index in [1.54, 1.807) is 0 Å². The van der Waals surface area contributed by atoms with Gasteiger partial charge in [0.05, 0.1) is 0 Å². The minimum Gasteiger partial charge on any atom is -0.343 e. The summed E-state index contributed by atoms with van der Waals surface area (Å²) in [6.07, 6.45) is 3.83. The van der Waals surface area contributed by atoms with Crippen LogP contribution in [0.3, 0.4) is 0 Å². The number of hydrogen-bond acceptors (Lipinski definition) is 2. The van der Waals surface area contributed by atoms with Crippen molar-refractivity contribution in [2.45, 2.75) is 32.6 Å². The fourth-order valence-electron chi connectivity index (χ4n) is 1.79. The van der Waals surface area contributed by atoms with Gasteiger partial charge in [-0.15, -0.1) is 0 Å². The summed E-state index contributed by atoms with van der Waals surface area (Å²) in [6.45, 7) is 4.65. The summed E-state index contributed by atoms with van der Waals surface area (Å²) >= 11 is 0. The Kier molecular flexibility index (Phi) is 4.22. The molecule has 3 heteroatoms. The molecule has 2 N–H and O–H groups in total. The van der Waals surface area contributed by atoms with Gasteiger partial charge in [-0.25, -0.2) is 0 Å². The van der Waals surface area contributed by atoms with Gasteiger partial charge in [0, 0.05) is 19.5 Å². The lowest BCUT2D eigenvalue weighted by Crippen LogP contribution is -2.39. The summed E-state index contributed by atoms with van der Waals surface area (Å²) in [7, 11) is 0. The van der Waals surface area contributed by atoms with Crippen molar-refractivity contribution in [2.75, 3.05) is 19.6 Å². The second kappa shape index (κ2) is 5.22. The van der Waals surface area contributed by atoms with Crippen molar-refractivity contribution in [1.29, 1.82) is 0 Å². The molecular formula is C10H20N2O. The van der Waals surface area contributed by atoms with E-state index in [1.165, 1.54) is 0 Å². The largest absolute Gasteiger partial charge is 0.343 e. The highest BCUT2D eigenvalue weighted by Gasteiger charge is 2.20. The van der Waals surface area contributed by atoms with Crippen LogP contribution in [0.25, 0.3) is 0 Å². The van der Waals surface area contributed by atoms with E-state index in [1.807, 2.05) is 11.8 Å². The van der Waals surface area contributed by atoms with Crippen LogP contribution in [0.5, 0.6) is 0 Å². The summed E-state index contributed by atoms with van der Waals surface area (Å²) in [6, 6.07) is 0. The van der Waals surface area contributed by atoms with Crippen LogP contribution in [-0.4, -0.2) is 30.4 Å². The summed E-state index contributed by atoms with van der Waals surface area (Å²) in [5, 5.41) is 0. The molecule has 0 aromatic carbocycles. The Labute approximate surface area is 80.3 Å². The van der Waals surface area contributed by atoms with Crippen LogP contribution in [0.15, 0.2) is 0 Å². The average Bonchev–Trinajstić information content (AvgIpc) is 2.18. The van der Waals surface area contributed by atoms with Crippen LogP contribution in [0.2, 0.25) is 0 Å². The molecule has 1 saturated heterocycles. The molecule has 0 aliphatic carbocycles. The second-order valence-electron chi connectivity index (χ2n) is 3.81. The Hall–Kier alpha value is -0.570. The van der Waals surface area contributed by atoms with E-state index in [0.29, 0.717) is 18.2 Å². The number of piperidine rings is 1. The highest BCUT2D eigenvalue weighted by atomic mass is 16.2. The molecule has 1 aliphatic heterocycles. The maximum atomic E-state index is 11.5. The Morgan fingerprint density at radius 2 is 2.08 bits per heavy atom. The molecule has 1 amide bonds. The molecule has 3 nitrogen and oxygen atoms in total. The smallest absolute Gasteiger partial charge is 0.222 e. The highest BCUT2D eigenvalue weighted by molar-refractivity contribution is 5.76. The van der Waals surface area contributed by atoms with Gasteiger partial charge in [0.15, 0.2) is 0 Å². The van der Waals surface area contributed by atoms with Gasteiger partial charge in [-0.2, -0.15) is 0 Å². The molecule has 1 aliphatic rings. The van der Waals surface area contributed by atoms with Crippen LogP contribution in [-0.2, 0) is 4.79 Å². The first kappa shape index (κ1) is 10.5. The van der Waals surface area contributed by atoms with Gasteiger partial charge < -0.3 is 10.6 Å². The first-order valence-electron chi connectivity index (χ1n) is 5.25. The molecule has 0 unspecified atom stereocenters. The van der Waals surface area contributed by atoms with Crippen LogP contribution in [0.1, 0.15) is 32.6 Å². The van der Waals surface area contributed by atoms with Crippen molar-refractivity contribution in [3.63, 3.8) is 0 Å². The molecule has 1 fully saturated rings. The summed E-state index contributed by atoms with van der Waals surface area (Å²) in [4.78, 5) is 13.5.